The van der Waals surface area contributed by atoms with E-state index in [0.717, 1.165) is 62.4 Å². The van der Waals surface area contributed by atoms with Crippen LogP contribution >= 0.6 is 0 Å². The molecule has 0 aliphatic rings. The first-order valence-electron chi connectivity index (χ1n) is 10.6. The molecule has 0 aromatic heterocycles. The zero-order valence-corrected chi connectivity index (χ0v) is 18.8. The van der Waals surface area contributed by atoms with Crippen molar-refractivity contribution in [2.45, 2.75) is 56.3 Å². The number of azide groups is 1. The molecule has 0 aliphatic heterocycles. The Hall–Kier alpha value is -2.28. The number of hydrogen-bond acceptors (Lipinski definition) is 5. The standard InChI is InChI=1S/C22H32N4O3S/c1-26(2)21-15-11-14-20-19(21)13-12-16-22(20)30(27,28)29-18-10-8-6-4-3-5-7-9-17-24-25-23/h11-16H,3-10,17-18H2,1-2H3. The van der Waals surface area contributed by atoms with E-state index in [0.29, 0.717) is 11.9 Å². The van der Waals surface area contributed by atoms with Crippen molar-refractivity contribution in [1.29, 1.82) is 0 Å². The van der Waals surface area contributed by atoms with Crippen LogP contribution in [0.2, 0.25) is 0 Å². The minimum absolute atomic E-state index is 0.207. The zero-order chi connectivity index (χ0) is 21.8. The Bertz CT molecular complexity index is 954. The molecule has 0 radical (unpaired) electrons. The number of rotatable bonds is 14. The van der Waals surface area contributed by atoms with Crippen molar-refractivity contribution in [3.05, 3.63) is 46.8 Å². The molecule has 0 saturated carbocycles. The van der Waals surface area contributed by atoms with E-state index in [4.69, 9.17) is 9.71 Å². The van der Waals surface area contributed by atoms with Gasteiger partial charge in [0.05, 0.1) is 6.61 Å². The van der Waals surface area contributed by atoms with Gasteiger partial charge >= 0.3 is 0 Å². The lowest BCUT2D eigenvalue weighted by Gasteiger charge is -2.16. The molecule has 8 heteroatoms. The second kappa shape index (κ2) is 12.4. The second-order valence-corrected chi connectivity index (χ2v) is 9.17. The summed E-state index contributed by atoms with van der Waals surface area (Å²) in [7, 11) is 0.0859. The van der Waals surface area contributed by atoms with Gasteiger partial charge in [0.2, 0.25) is 0 Å². The molecular formula is C22H32N4O3S. The Balaban J connectivity index is 1.77. The SMILES string of the molecule is CN(C)c1cccc2c(S(=O)(=O)OCCCCCCCCCCN=[N+]=[N-])cccc12. The van der Waals surface area contributed by atoms with Crippen molar-refractivity contribution in [3.63, 3.8) is 0 Å². The highest BCUT2D eigenvalue weighted by molar-refractivity contribution is 7.87. The fourth-order valence-corrected chi connectivity index (χ4v) is 4.65. The molecular weight excluding hydrogens is 400 g/mol. The van der Waals surface area contributed by atoms with Crippen LogP contribution in [-0.4, -0.2) is 35.7 Å². The van der Waals surface area contributed by atoms with Crippen LogP contribution in [0.1, 0.15) is 51.4 Å². The maximum Gasteiger partial charge on any atom is 0.297 e. The third kappa shape index (κ3) is 7.20. The molecule has 0 saturated heterocycles. The quantitative estimate of drug-likeness (QED) is 0.119. The highest BCUT2D eigenvalue weighted by atomic mass is 32.2. The Labute approximate surface area is 179 Å². The molecule has 0 fully saturated rings. The Morgan fingerprint density at radius 2 is 1.50 bits per heavy atom. The van der Waals surface area contributed by atoms with Crippen LogP contribution in [0.5, 0.6) is 0 Å². The number of anilines is 1. The number of hydrogen-bond donors (Lipinski definition) is 0. The molecule has 2 aromatic rings. The van der Waals surface area contributed by atoms with Crippen LogP contribution < -0.4 is 4.90 Å². The molecule has 0 spiro atoms. The maximum atomic E-state index is 12.7. The van der Waals surface area contributed by atoms with Crippen molar-refractivity contribution in [3.8, 4) is 0 Å². The van der Waals surface area contributed by atoms with Crippen molar-refractivity contribution in [1.82, 2.24) is 0 Å². The van der Waals surface area contributed by atoms with Gasteiger partial charge in [-0.1, -0.05) is 67.9 Å². The van der Waals surface area contributed by atoms with E-state index in [9.17, 15) is 8.42 Å². The van der Waals surface area contributed by atoms with Crippen LogP contribution in [0, 0.1) is 0 Å². The van der Waals surface area contributed by atoms with Gasteiger partial charge in [0.1, 0.15) is 4.90 Å². The molecule has 2 aromatic carbocycles. The van der Waals surface area contributed by atoms with Gasteiger partial charge in [-0.3, -0.25) is 4.18 Å². The Morgan fingerprint density at radius 1 is 0.900 bits per heavy atom. The van der Waals surface area contributed by atoms with Gasteiger partial charge in [-0.05, 0) is 30.5 Å². The third-order valence-electron chi connectivity index (χ3n) is 5.06. The number of nitrogens with zero attached hydrogens (tertiary/aromatic N) is 4. The van der Waals surface area contributed by atoms with Crippen LogP contribution in [0.15, 0.2) is 46.4 Å². The fourth-order valence-electron chi connectivity index (χ4n) is 3.49. The first-order chi connectivity index (χ1) is 14.5. The van der Waals surface area contributed by atoms with Crippen molar-refractivity contribution in [2.24, 2.45) is 5.11 Å². The zero-order valence-electron chi connectivity index (χ0n) is 18.0. The predicted octanol–water partition coefficient (Wildman–Crippen LogP) is 6.04. The van der Waals surface area contributed by atoms with Crippen LogP contribution in [0.3, 0.4) is 0 Å². The van der Waals surface area contributed by atoms with E-state index in [2.05, 4.69) is 10.0 Å². The molecule has 0 amide bonds. The lowest BCUT2D eigenvalue weighted by Crippen LogP contribution is -2.11. The van der Waals surface area contributed by atoms with E-state index in [1.807, 2.05) is 43.3 Å². The average Bonchev–Trinajstić information content (AvgIpc) is 2.73. The maximum absolute atomic E-state index is 12.7. The molecule has 0 unspecified atom stereocenters. The van der Waals surface area contributed by atoms with E-state index < -0.39 is 10.1 Å². The molecule has 0 atom stereocenters. The van der Waals surface area contributed by atoms with Gasteiger partial charge in [0.15, 0.2) is 0 Å². The van der Waals surface area contributed by atoms with Crippen LogP contribution in [0.25, 0.3) is 21.2 Å². The molecule has 30 heavy (non-hydrogen) atoms. The van der Waals surface area contributed by atoms with Gasteiger partial charge in [-0.15, -0.1) is 0 Å². The van der Waals surface area contributed by atoms with Crippen LogP contribution in [0.4, 0.5) is 5.69 Å². The molecule has 0 bridgehead atoms. The van der Waals surface area contributed by atoms with Crippen molar-refractivity contribution >= 4 is 26.6 Å². The third-order valence-corrected chi connectivity index (χ3v) is 6.44. The Morgan fingerprint density at radius 3 is 2.17 bits per heavy atom. The summed E-state index contributed by atoms with van der Waals surface area (Å²) in [6.07, 6.45) is 8.20. The summed E-state index contributed by atoms with van der Waals surface area (Å²) < 4.78 is 30.8. The first kappa shape index (κ1) is 24.0. The lowest BCUT2D eigenvalue weighted by molar-refractivity contribution is 0.306. The van der Waals surface area contributed by atoms with Gasteiger partial charge in [0.25, 0.3) is 10.1 Å². The topological polar surface area (TPSA) is 95.4 Å². The van der Waals surface area contributed by atoms with E-state index in [1.54, 1.807) is 12.1 Å². The van der Waals surface area contributed by atoms with Gasteiger partial charge in [0, 0.05) is 42.0 Å². The minimum atomic E-state index is -3.79. The average molecular weight is 433 g/mol. The summed E-state index contributed by atoms with van der Waals surface area (Å²) >= 11 is 0. The fraction of sp³-hybridized carbons (Fsp3) is 0.545. The molecule has 7 nitrogen and oxygen atoms in total. The van der Waals surface area contributed by atoms with Crippen LogP contribution in [-0.2, 0) is 14.3 Å². The van der Waals surface area contributed by atoms with Crippen molar-refractivity contribution < 1.29 is 12.6 Å². The smallest absolute Gasteiger partial charge is 0.297 e. The van der Waals surface area contributed by atoms with Gasteiger partial charge in [-0.25, -0.2) is 0 Å². The number of fused-ring (bicyclic) bond motifs is 1. The molecule has 0 heterocycles. The molecule has 2 rings (SSSR count). The number of benzene rings is 2. The lowest BCUT2D eigenvalue weighted by atomic mass is 10.1. The van der Waals surface area contributed by atoms with E-state index in [1.165, 1.54) is 0 Å². The molecule has 0 aliphatic carbocycles. The number of unbranched alkanes of at least 4 members (excludes halogenated alkanes) is 7. The van der Waals surface area contributed by atoms with Gasteiger partial charge < -0.3 is 4.90 Å². The normalized spacial score (nSPS) is 11.4. The van der Waals surface area contributed by atoms with E-state index in [-0.39, 0.29) is 11.5 Å². The summed E-state index contributed by atoms with van der Waals surface area (Å²) in [6, 6.07) is 11.0. The predicted molar refractivity (Wildman–Crippen MR) is 122 cm³/mol. The summed E-state index contributed by atoms with van der Waals surface area (Å²) in [6.45, 7) is 0.785. The summed E-state index contributed by atoms with van der Waals surface area (Å²) in [5, 5.41) is 5.10. The molecule has 0 N–H and O–H groups in total. The molecule has 164 valence electrons. The second-order valence-electron chi connectivity index (χ2n) is 7.58. The largest absolute Gasteiger partial charge is 0.377 e. The van der Waals surface area contributed by atoms with Crippen molar-refractivity contribution in [2.75, 3.05) is 32.1 Å². The monoisotopic (exact) mass is 432 g/mol. The van der Waals surface area contributed by atoms with E-state index >= 15 is 0 Å². The highest BCUT2D eigenvalue weighted by Crippen LogP contribution is 2.31. The Kier molecular flexibility index (Phi) is 9.94. The summed E-state index contributed by atoms with van der Waals surface area (Å²) in [4.78, 5) is 4.94. The summed E-state index contributed by atoms with van der Waals surface area (Å²) in [5.74, 6) is 0. The highest BCUT2D eigenvalue weighted by Gasteiger charge is 2.19. The first-order valence-corrected chi connectivity index (χ1v) is 12.0. The van der Waals surface area contributed by atoms with Gasteiger partial charge in [-0.2, -0.15) is 8.42 Å². The summed E-state index contributed by atoms with van der Waals surface area (Å²) in [5.41, 5.74) is 9.19. The minimum Gasteiger partial charge on any atom is -0.377 e.